The van der Waals surface area contributed by atoms with Gasteiger partial charge in [0.05, 0.1) is 0 Å². The third kappa shape index (κ3) is 4.55. The summed E-state index contributed by atoms with van der Waals surface area (Å²) in [6.07, 6.45) is 7.00. The zero-order valence-corrected chi connectivity index (χ0v) is 15.9. The minimum absolute atomic E-state index is 0.0544. The maximum absolute atomic E-state index is 12.5. The van der Waals surface area contributed by atoms with Crippen LogP contribution in [0.15, 0.2) is 24.3 Å². The van der Waals surface area contributed by atoms with Gasteiger partial charge in [-0.05, 0) is 49.7 Å². The molecule has 0 aliphatic carbocycles. The second-order valence-electron chi connectivity index (χ2n) is 8.11. The zero-order valence-electron chi connectivity index (χ0n) is 15.9. The van der Waals surface area contributed by atoms with Crippen molar-refractivity contribution in [2.75, 3.05) is 11.9 Å². The van der Waals surface area contributed by atoms with Crippen molar-refractivity contribution in [3.63, 3.8) is 0 Å². The molecule has 2 aliphatic heterocycles. The van der Waals surface area contributed by atoms with Gasteiger partial charge in [0.2, 0.25) is 0 Å². The normalized spacial score (nSPS) is 26.5. The van der Waals surface area contributed by atoms with Crippen molar-refractivity contribution in [2.45, 2.75) is 77.4 Å². The number of hydrogen-bond donors (Lipinski definition) is 2. The summed E-state index contributed by atoms with van der Waals surface area (Å²) in [6, 6.07) is 9.58. The molecule has 0 radical (unpaired) electrons. The van der Waals surface area contributed by atoms with E-state index in [0.29, 0.717) is 24.0 Å². The summed E-state index contributed by atoms with van der Waals surface area (Å²) in [4.78, 5) is 15.2. The highest BCUT2D eigenvalue weighted by Gasteiger charge is 2.38. The molecule has 138 valence electrons. The van der Waals surface area contributed by atoms with Crippen LogP contribution in [0.5, 0.6) is 0 Å². The Morgan fingerprint density at radius 2 is 1.88 bits per heavy atom. The average molecular weight is 344 g/mol. The van der Waals surface area contributed by atoms with Crippen LogP contribution in [0.25, 0.3) is 0 Å². The lowest BCUT2D eigenvalue weighted by molar-refractivity contribution is 0.0180. The molecule has 2 N–H and O–H groups in total. The monoisotopic (exact) mass is 343 g/mol. The zero-order chi connectivity index (χ0) is 17.8. The Morgan fingerprint density at radius 1 is 1.20 bits per heavy atom. The lowest BCUT2D eigenvalue weighted by Gasteiger charge is -2.49. The van der Waals surface area contributed by atoms with Crippen LogP contribution in [0.3, 0.4) is 0 Å². The van der Waals surface area contributed by atoms with Crippen molar-refractivity contribution in [1.29, 1.82) is 0 Å². The van der Waals surface area contributed by atoms with Crippen LogP contribution in [0, 0.1) is 5.92 Å². The number of nitrogens with one attached hydrogen (secondary N) is 2. The van der Waals surface area contributed by atoms with Crippen LogP contribution < -0.4 is 10.6 Å². The van der Waals surface area contributed by atoms with Gasteiger partial charge in [0, 0.05) is 30.4 Å². The van der Waals surface area contributed by atoms with Crippen molar-refractivity contribution in [3.05, 3.63) is 29.8 Å². The number of carbonyl (C=O) groups is 1. The van der Waals surface area contributed by atoms with Gasteiger partial charge in [0.1, 0.15) is 0 Å². The van der Waals surface area contributed by atoms with E-state index in [1.165, 1.54) is 31.4 Å². The number of para-hydroxylation sites is 1. The van der Waals surface area contributed by atoms with Crippen molar-refractivity contribution in [1.82, 2.24) is 10.2 Å². The molecule has 0 spiro atoms. The molecule has 1 aromatic rings. The van der Waals surface area contributed by atoms with Gasteiger partial charge < -0.3 is 10.6 Å². The van der Waals surface area contributed by atoms with E-state index in [-0.39, 0.29) is 6.03 Å². The van der Waals surface area contributed by atoms with E-state index in [2.05, 4.69) is 42.4 Å². The summed E-state index contributed by atoms with van der Waals surface area (Å²) in [5, 5.41) is 6.30. The topological polar surface area (TPSA) is 44.4 Å². The lowest BCUT2D eigenvalue weighted by atomic mass is 9.81. The summed E-state index contributed by atoms with van der Waals surface area (Å²) in [5.74, 6) is 0.710. The van der Waals surface area contributed by atoms with Gasteiger partial charge in [-0.2, -0.15) is 0 Å². The van der Waals surface area contributed by atoms with Crippen molar-refractivity contribution >= 4 is 11.7 Å². The number of amides is 2. The number of anilines is 1. The molecular formula is C21H33N3O. The van der Waals surface area contributed by atoms with Gasteiger partial charge in [-0.25, -0.2) is 4.79 Å². The number of fused-ring (bicyclic) bond motifs is 2. The molecule has 2 atom stereocenters. The number of hydrogen-bond acceptors (Lipinski definition) is 2. The molecular weight excluding hydrogens is 310 g/mol. The quantitative estimate of drug-likeness (QED) is 0.831. The number of aryl methyl sites for hydroxylation is 1. The predicted molar refractivity (Wildman–Crippen MR) is 104 cm³/mol. The fourth-order valence-electron chi connectivity index (χ4n) is 4.61. The third-order valence-corrected chi connectivity index (χ3v) is 5.68. The van der Waals surface area contributed by atoms with Crippen molar-refractivity contribution in [2.24, 2.45) is 5.92 Å². The van der Waals surface area contributed by atoms with Crippen LogP contribution >= 0.6 is 0 Å². The van der Waals surface area contributed by atoms with E-state index in [1.807, 2.05) is 18.2 Å². The fourth-order valence-corrected chi connectivity index (χ4v) is 4.61. The van der Waals surface area contributed by atoms with Crippen molar-refractivity contribution in [3.8, 4) is 0 Å². The molecule has 2 aliphatic rings. The standard InChI is InChI=1S/C21H33N3O/c1-4-16-8-5-6-11-20(16)23-21(25)22-17-12-18-9-7-10-19(13-17)24(18)14-15(2)3/h5-6,8,11,15,17-19H,4,7,9-10,12-14H2,1-3H3,(H2,22,23,25)/t18-,19-/m0/s1. The first kappa shape index (κ1) is 18.2. The molecule has 1 aromatic carbocycles. The van der Waals surface area contributed by atoms with E-state index in [9.17, 15) is 4.79 Å². The molecule has 0 unspecified atom stereocenters. The number of rotatable bonds is 5. The second kappa shape index (κ2) is 8.22. The maximum Gasteiger partial charge on any atom is 0.319 e. The number of piperidine rings is 2. The van der Waals surface area contributed by atoms with Gasteiger partial charge in [0.15, 0.2) is 0 Å². The molecule has 2 fully saturated rings. The smallest absolute Gasteiger partial charge is 0.319 e. The van der Waals surface area contributed by atoms with E-state index < -0.39 is 0 Å². The molecule has 0 aromatic heterocycles. The SMILES string of the molecule is CCc1ccccc1NC(=O)NC1C[C@@H]2CCC[C@@H](C1)N2CC(C)C. The summed E-state index contributed by atoms with van der Waals surface area (Å²) in [5.41, 5.74) is 2.11. The fraction of sp³-hybridized carbons (Fsp3) is 0.667. The van der Waals surface area contributed by atoms with E-state index >= 15 is 0 Å². The van der Waals surface area contributed by atoms with Gasteiger partial charge in [-0.15, -0.1) is 0 Å². The first-order valence-corrected chi connectivity index (χ1v) is 9.98. The van der Waals surface area contributed by atoms with Gasteiger partial charge >= 0.3 is 6.03 Å². The predicted octanol–water partition coefficient (Wildman–Crippen LogP) is 4.41. The van der Waals surface area contributed by atoms with Crippen molar-refractivity contribution < 1.29 is 4.79 Å². The summed E-state index contributed by atoms with van der Waals surface area (Å²) in [7, 11) is 0. The van der Waals surface area contributed by atoms with E-state index in [0.717, 1.165) is 24.9 Å². The molecule has 4 nitrogen and oxygen atoms in total. The lowest BCUT2D eigenvalue weighted by Crippen LogP contribution is -2.58. The highest BCUT2D eigenvalue weighted by molar-refractivity contribution is 5.90. The number of benzene rings is 1. The molecule has 3 rings (SSSR count). The Bertz CT molecular complexity index is 572. The molecule has 2 heterocycles. The van der Waals surface area contributed by atoms with Gasteiger partial charge in [-0.3, -0.25) is 4.90 Å². The molecule has 0 saturated carbocycles. The first-order chi connectivity index (χ1) is 12.1. The largest absolute Gasteiger partial charge is 0.335 e. The Balaban J connectivity index is 1.58. The number of urea groups is 1. The Morgan fingerprint density at radius 3 is 2.52 bits per heavy atom. The average Bonchev–Trinajstić information content (AvgIpc) is 2.55. The van der Waals surface area contributed by atoms with Crippen LogP contribution in [-0.4, -0.2) is 35.6 Å². The van der Waals surface area contributed by atoms with Crippen LogP contribution in [0.4, 0.5) is 10.5 Å². The van der Waals surface area contributed by atoms with E-state index in [1.54, 1.807) is 0 Å². The van der Waals surface area contributed by atoms with Gasteiger partial charge in [0.25, 0.3) is 0 Å². The Kier molecular flexibility index (Phi) is 6.00. The molecule has 4 heteroatoms. The summed E-state index contributed by atoms with van der Waals surface area (Å²) in [6.45, 7) is 7.92. The number of nitrogens with zero attached hydrogens (tertiary/aromatic N) is 1. The maximum atomic E-state index is 12.5. The van der Waals surface area contributed by atoms with Crippen LogP contribution in [-0.2, 0) is 6.42 Å². The third-order valence-electron chi connectivity index (χ3n) is 5.68. The summed E-state index contributed by atoms with van der Waals surface area (Å²) < 4.78 is 0. The Hall–Kier alpha value is -1.55. The highest BCUT2D eigenvalue weighted by Crippen LogP contribution is 2.34. The van der Waals surface area contributed by atoms with Gasteiger partial charge in [-0.1, -0.05) is 45.4 Å². The minimum atomic E-state index is -0.0544. The Labute approximate surface area is 152 Å². The minimum Gasteiger partial charge on any atom is -0.335 e. The highest BCUT2D eigenvalue weighted by atomic mass is 16.2. The number of carbonyl (C=O) groups excluding carboxylic acids is 1. The molecule has 2 amide bonds. The molecule has 2 bridgehead atoms. The summed E-state index contributed by atoms with van der Waals surface area (Å²) >= 11 is 0. The van der Waals surface area contributed by atoms with Crippen LogP contribution in [0.2, 0.25) is 0 Å². The second-order valence-corrected chi connectivity index (χ2v) is 8.11. The first-order valence-electron chi connectivity index (χ1n) is 9.98. The van der Waals surface area contributed by atoms with Crippen LogP contribution in [0.1, 0.15) is 58.4 Å². The van der Waals surface area contributed by atoms with E-state index in [4.69, 9.17) is 0 Å². The molecule has 25 heavy (non-hydrogen) atoms. The molecule has 2 saturated heterocycles.